The number of furan rings is 1. The summed E-state index contributed by atoms with van der Waals surface area (Å²) in [4.78, 5) is 4.75. The van der Waals surface area contributed by atoms with Crippen molar-refractivity contribution in [2.75, 3.05) is 0 Å². The maximum Gasteiger partial charge on any atom is 0.227 e. The number of benzene rings is 4. The first-order chi connectivity index (χ1) is 15.8. The average Bonchev–Trinajstić information content (AvgIpc) is 3.45. The minimum atomic E-state index is 0.664. The van der Waals surface area contributed by atoms with Gasteiger partial charge in [0.25, 0.3) is 0 Å². The van der Waals surface area contributed by atoms with E-state index in [9.17, 15) is 0 Å². The first kappa shape index (κ1) is 18.9. The van der Waals surface area contributed by atoms with E-state index in [-0.39, 0.29) is 0 Å². The molecule has 0 aliphatic carbocycles. The van der Waals surface area contributed by atoms with Gasteiger partial charge in [0.05, 0.1) is 0 Å². The van der Waals surface area contributed by atoms with E-state index >= 15 is 0 Å². The molecule has 0 bridgehead atoms. The van der Waals surface area contributed by atoms with Gasteiger partial charge in [0, 0.05) is 21.9 Å². The number of rotatable bonds is 5. The largest absolute Gasteiger partial charge is 0.455 e. The van der Waals surface area contributed by atoms with Crippen LogP contribution >= 0.6 is 0 Å². The molecular weight excluding hydrogens is 394 g/mol. The molecule has 32 heavy (non-hydrogen) atoms. The number of hydrogen-bond acceptors (Lipinski definition) is 3. The topological polar surface area (TPSA) is 39.2 Å². The second-order valence-corrected chi connectivity index (χ2v) is 8.25. The molecule has 2 heterocycles. The molecule has 0 spiro atoms. The Hall–Kier alpha value is -3.85. The normalized spacial score (nSPS) is 11.7. The molecule has 3 heteroatoms. The maximum atomic E-state index is 6.21. The van der Waals surface area contributed by atoms with Crippen LogP contribution in [0.5, 0.6) is 0 Å². The van der Waals surface area contributed by atoms with Gasteiger partial charge in [-0.05, 0) is 48.2 Å². The molecule has 0 fully saturated rings. The summed E-state index contributed by atoms with van der Waals surface area (Å²) in [5.41, 5.74) is 8.07. The van der Waals surface area contributed by atoms with Crippen LogP contribution in [0.2, 0.25) is 0 Å². The van der Waals surface area contributed by atoms with Gasteiger partial charge in [0.15, 0.2) is 5.58 Å². The molecule has 3 nitrogen and oxygen atoms in total. The highest BCUT2D eigenvalue weighted by Crippen LogP contribution is 2.36. The van der Waals surface area contributed by atoms with Crippen LogP contribution in [0.4, 0.5) is 0 Å². The van der Waals surface area contributed by atoms with Gasteiger partial charge in [0.1, 0.15) is 16.7 Å². The standard InChI is InChI=1S/C29H23NO2/c1-2-3-8-20-9-6-13-25-27(20)32-29(30-25)21-17-15-19(16-18-21)22-11-7-12-24-23-10-4-5-14-26(23)31-28(22)24/h4-7,9-18H,2-3,8H2,1H3. The predicted molar refractivity (Wildman–Crippen MR) is 131 cm³/mol. The average molecular weight is 418 g/mol. The van der Waals surface area contributed by atoms with Gasteiger partial charge in [-0.2, -0.15) is 0 Å². The molecule has 2 aromatic heterocycles. The van der Waals surface area contributed by atoms with E-state index in [0.717, 1.165) is 69.0 Å². The predicted octanol–water partition coefficient (Wildman–Crippen LogP) is 8.40. The van der Waals surface area contributed by atoms with Crippen molar-refractivity contribution >= 4 is 33.0 Å². The summed E-state index contributed by atoms with van der Waals surface area (Å²) in [6.07, 6.45) is 3.33. The highest BCUT2D eigenvalue weighted by molar-refractivity contribution is 6.09. The van der Waals surface area contributed by atoms with Gasteiger partial charge in [-0.25, -0.2) is 4.98 Å². The molecule has 0 amide bonds. The number of hydrogen-bond donors (Lipinski definition) is 0. The van der Waals surface area contributed by atoms with Crippen LogP contribution in [-0.2, 0) is 6.42 Å². The minimum Gasteiger partial charge on any atom is -0.455 e. The van der Waals surface area contributed by atoms with E-state index in [1.807, 2.05) is 24.3 Å². The smallest absolute Gasteiger partial charge is 0.227 e. The molecule has 0 aliphatic heterocycles. The third-order valence-corrected chi connectivity index (χ3v) is 6.14. The van der Waals surface area contributed by atoms with Crippen LogP contribution in [-0.4, -0.2) is 4.98 Å². The zero-order valence-corrected chi connectivity index (χ0v) is 18.0. The van der Waals surface area contributed by atoms with E-state index in [2.05, 4.69) is 67.6 Å². The molecule has 4 aromatic carbocycles. The fourth-order valence-corrected chi connectivity index (χ4v) is 4.46. The minimum absolute atomic E-state index is 0.664. The van der Waals surface area contributed by atoms with Gasteiger partial charge < -0.3 is 8.83 Å². The Labute approximate surface area is 186 Å². The van der Waals surface area contributed by atoms with Crippen molar-refractivity contribution in [2.45, 2.75) is 26.2 Å². The zero-order chi connectivity index (χ0) is 21.5. The van der Waals surface area contributed by atoms with E-state index in [4.69, 9.17) is 13.8 Å². The molecule has 0 unspecified atom stereocenters. The molecule has 0 atom stereocenters. The molecule has 0 saturated heterocycles. The van der Waals surface area contributed by atoms with Crippen molar-refractivity contribution < 1.29 is 8.83 Å². The third-order valence-electron chi connectivity index (χ3n) is 6.14. The van der Waals surface area contributed by atoms with Crippen molar-refractivity contribution in [1.82, 2.24) is 4.98 Å². The molecule has 0 aliphatic rings. The van der Waals surface area contributed by atoms with E-state index in [1.165, 1.54) is 5.56 Å². The lowest BCUT2D eigenvalue weighted by Crippen LogP contribution is -1.84. The second kappa shape index (κ2) is 7.69. The number of fused-ring (bicyclic) bond motifs is 4. The van der Waals surface area contributed by atoms with Gasteiger partial charge in [0.2, 0.25) is 5.89 Å². The summed E-state index contributed by atoms with van der Waals surface area (Å²) in [5, 5.41) is 2.28. The lowest BCUT2D eigenvalue weighted by atomic mass is 10.0. The quantitative estimate of drug-likeness (QED) is 0.283. The summed E-state index contributed by atoms with van der Waals surface area (Å²) in [6, 6.07) is 29.1. The van der Waals surface area contributed by atoms with Gasteiger partial charge in [-0.15, -0.1) is 0 Å². The van der Waals surface area contributed by atoms with Crippen LogP contribution in [0, 0.1) is 0 Å². The Morgan fingerprint density at radius 2 is 1.47 bits per heavy atom. The Morgan fingerprint density at radius 1 is 0.688 bits per heavy atom. The highest BCUT2D eigenvalue weighted by Gasteiger charge is 2.14. The Kier molecular flexibility index (Phi) is 4.53. The van der Waals surface area contributed by atoms with Crippen LogP contribution < -0.4 is 0 Å². The summed E-state index contributed by atoms with van der Waals surface area (Å²) < 4.78 is 12.4. The molecule has 0 saturated carbocycles. The Balaban J connectivity index is 1.39. The highest BCUT2D eigenvalue weighted by atomic mass is 16.3. The molecule has 6 rings (SSSR count). The van der Waals surface area contributed by atoms with Gasteiger partial charge in [-0.1, -0.05) is 74.0 Å². The summed E-state index contributed by atoms with van der Waals surface area (Å²) in [5.74, 6) is 0.664. The van der Waals surface area contributed by atoms with Gasteiger partial charge in [-0.3, -0.25) is 0 Å². The zero-order valence-electron chi connectivity index (χ0n) is 18.0. The van der Waals surface area contributed by atoms with Crippen LogP contribution in [0.25, 0.3) is 55.6 Å². The van der Waals surface area contributed by atoms with Crippen LogP contribution in [0.15, 0.2) is 93.8 Å². The monoisotopic (exact) mass is 417 g/mol. The number of nitrogens with zero attached hydrogens (tertiary/aromatic N) is 1. The molecule has 0 N–H and O–H groups in total. The van der Waals surface area contributed by atoms with Crippen molar-refractivity contribution in [3.63, 3.8) is 0 Å². The van der Waals surface area contributed by atoms with Crippen molar-refractivity contribution in [3.8, 4) is 22.6 Å². The first-order valence-corrected chi connectivity index (χ1v) is 11.2. The van der Waals surface area contributed by atoms with E-state index in [0.29, 0.717) is 5.89 Å². The summed E-state index contributed by atoms with van der Waals surface area (Å²) in [6.45, 7) is 2.21. The molecule has 156 valence electrons. The second-order valence-electron chi connectivity index (χ2n) is 8.25. The Morgan fingerprint density at radius 3 is 2.34 bits per heavy atom. The molecule has 0 radical (unpaired) electrons. The maximum absolute atomic E-state index is 6.21. The Bertz CT molecular complexity index is 1550. The molecule has 6 aromatic rings. The lowest BCUT2D eigenvalue weighted by molar-refractivity contribution is 0.613. The molecular formula is C29H23NO2. The number of aromatic nitrogens is 1. The fourth-order valence-electron chi connectivity index (χ4n) is 4.46. The van der Waals surface area contributed by atoms with E-state index in [1.54, 1.807) is 0 Å². The van der Waals surface area contributed by atoms with Crippen LogP contribution in [0.1, 0.15) is 25.3 Å². The number of aryl methyl sites for hydroxylation is 1. The van der Waals surface area contributed by atoms with Gasteiger partial charge >= 0.3 is 0 Å². The number of oxazole rings is 1. The lowest BCUT2D eigenvalue weighted by Gasteiger charge is -2.04. The number of unbranched alkanes of at least 4 members (excludes halogenated alkanes) is 1. The third kappa shape index (κ3) is 3.09. The summed E-state index contributed by atoms with van der Waals surface area (Å²) >= 11 is 0. The van der Waals surface area contributed by atoms with Crippen LogP contribution in [0.3, 0.4) is 0 Å². The summed E-state index contributed by atoms with van der Waals surface area (Å²) in [7, 11) is 0. The van der Waals surface area contributed by atoms with E-state index < -0.39 is 0 Å². The fraction of sp³-hybridized carbons (Fsp3) is 0.138. The first-order valence-electron chi connectivity index (χ1n) is 11.2. The van der Waals surface area contributed by atoms with Crippen molar-refractivity contribution in [3.05, 3.63) is 90.5 Å². The van der Waals surface area contributed by atoms with Crippen molar-refractivity contribution in [1.29, 1.82) is 0 Å². The van der Waals surface area contributed by atoms with Crippen molar-refractivity contribution in [2.24, 2.45) is 0 Å². The SMILES string of the molecule is CCCCc1cccc2nc(-c3ccc(-c4cccc5c4oc4ccccc45)cc3)oc12. The number of para-hydroxylation sites is 3.